The standard InChI is InChI=1S/C36H50N4O6/c1-5-6-20-40-33(42)29(24-35(44)16-8-7-9-17-35)37-34(43)36(40)18-21-39(22-19-36)25-26-10-13-28(14-11-26)46-30-15-12-27(23-31(30)45-4)32(41)38(2)3/h10-15,23,29,44H,5-9,16-22,24-25H2,1-4H3,(H,37,43)/t29-/m1/s1. The summed E-state index contributed by atoms with van der Waals surface area (Å²) in [5.41, 5.74) is -0.0678. The Morgan fingerprint density at radius 3 is 2.33 bits per heavy atom. The molecule has 3 amide bonds. The number of amides is 3. The van der Waals surface area contributed by atoms with Crippen LogP contribution in [0, 0.1) is 0 Å². The third-order valence-corrected chi connectivity index (χ3v) is 9.97. The summed E-state index contributed by atoms with van der Waals surface area (Å²) in [6.07, 6.45) is 7.67. The van der Waals surface area contributed by atoms with Crippen LogP contribution in [0.5, 0.6) is 17.2 Å². The Labute approximate surface area is 273 Å². The molecule has 10 nitrogen and oxygen atoms in total. The Kier molecular flexibility index (Phi) is 10.6. The van der Waals surface area contributed by atoms with Gasteiger partial charge in [0.05, 0.1) is 12.7 Å². The third kappa shape index (κ3) is 7.33. The molecule has 10 heteroatoms. The first kappa shape index (κ1) is 33.7. The van der Waals surface area contributed by atoms with E-state index in [0.717, 1.165) is 44.2 Å². The molecule has 46 heavy (non-hydrogen) atoms. The molecule has 1 spiro atoms. The maximum Gasteiger partial charge on any atom is 0.253 e. The Morgan fingerprint density at radius 2 is 1.70 bits per heavy atom. The zero-order chi connectivity index (χ0) is 32.9. The Morgan fingerprint density at radius 1 is 1.00 bits per heavy atom. The molecule has 2 heterocycles. The van der Waals surface area contributed by atoms with Crippen molar-refractivity contribution >= 4 is 17.7 Å². The molecule has 1 atom stereocenters. The quantitative estimate of drug-likeness (QED) is 0.368. The zero-order valence-electron chi connectivity index (χ0n) is 27.8. The lowest BCUT2D eigenvalue weighted by Crippen LogP contribution is -2.73. The van der Waals surface area contributed by atoms with E-state index >= 15 is 0 Å². The highest BCUT2D eigenvalue weighted by molar-refractivity contribution is 6.00. The number of aliphatic hydroxyl groups is 1. The van der Waals surface area contributed by atoms with Gasteiger partial charge >= 0.3 is 0 Å². The molecule has 0 bridgehead atoms. The number of carbonyl (C=O) groups excluding carboxylic acids is 3. The van der Waals surface area contributed by atoms with Crippen LogP contribution in [-0.2, 0) is 16.1 Å². The highest BCUT2D eigenvalue weighted by atomic mass is 16.5. The van der Waals surface area contributed by atoms with E-state index < -0.39 is 17.2 Å². The predicted molar refractivity (Wildman–Crippen MR) is 176 cm³/mol. The van der Waals surface area contributed by atoms with Gasteiger partial charge in [-0.05, 0) is 68.0 Å². The van der Waals surface area contributed by atoms with E-state index in [9.17, 15) is 19.5 Å². The fraction of sp³-hybridized carbons (Fsp3) is 0.583. The number of nitrogens with zero attached hydrogens (tertiary/aromatic N) is 3. The van der Waals surface area contributed by atoms with Crippen LogP contribution >= 0.6 is 0 Å². The zero-order valence-corrected chi connectivity index (χ0v) is 27.8. The summed E-state index contributed by atoms with van der Waals surface area (Å²) in [4.78, 5) is 45.7. The van der Waals surface area contributed by atoms with Gasteiger partial charge in [0, 0.05) is 52.3 Å². The number of carbonyl (C=O) groups is 3. The van der Waals surface area contributed by atoms with Crippen LogP contribution in [0.1, 0.15) is 87.1 Å². The number of benzene rings is 2. The van der Waals surface area contributed by atoms with Gasteiger partial charge < -0.3 is 29.7 Å². The van der Waals surface area contributed by atoms with E-state index in [4.69, 9.17) is 9.47 Å². The van der Waals surface area contributed by atoms with Crippen molar-refractivity contribution in [3.8, 4) is 17.2 Å². The van der Waals surface area contributed by atoms with Gasteiger partial charge in [0.2, 0.25) is 11.8 Å². The molecule has 2 aromatic carbocycles. The minimum Gasteiger partial charge on any atom is -0.493 e. The molecular formula is C36H50N4O6. The first-order chi connectivity index (χ1) is 22.1. The van der Waals surface area contributed by atoms with E-state index in [2.05, 4.69) is 17.1 Å². The molecule has 250 valence electrons. The normalized spacial score (nSPS) is 21.2. The summed E-state index contributed by atoms with van der Waals surface area (Å²) in [5, 5.41) is 14.2. The van der Waals surface area contributed by atoms with Crippen molar-refractivity contribution in [3.63, 3.8) is 0 Å². The van der Waals surface area contributed by atoms with Crippen LogP contribution in [0.2, 0.25) is 0 Å². The minimum absolute atomic E-state index is 0.0355. The maximum absolute atomic E-state index is 13.9. The predicted octanol–water partition coefficient (Wildman–Crippen LogP) is 4.74. The maximum atomic E-state index is 13.9. The molecule has 0 radical (unpaired) electrons. The lowest BCUT2D eigenvalue weighted by atomic mass is 9.77. The van der Waals surface area contributed by atoms with Crippen molar-refractivity contribution in [2.45, 2.75) is 94.9 Å². The number of piperazine rings is 1. The van der Waals surface area contributed by atoms with Gasteiger partial charge in [0.25, 0.3) is 5.91 Å². The highest BCUT2D eigenvalue weighted by Gasteiger charge is 2.54. The monoisotopic (exact) mass is 634 g/mol. The molecule has 0 unspecified atom stereocenters. The van der Waals surface area contributed by atoms with Crippen molar-refractivity contribution in [1.29, 1.82) is 0 Å². The molecular weight excluding hydrogens is 584 g/mol. The average molecular weight is 635 g/mol. The lowest BCUT2D eigenvalue weighted by Gasteiger charge is -2.52. The van der Waals surface area contributed by atoms with Crippen LogP contribution in [0.4, 0.5) is 0 Å². The SMILES string of the molecule is CCCCN1C(=O)[C@@H](CC2(O)CCCCC2)NC(=O)C12CCN(Cc1ccc(Oc3ccc(C(=O)N(C)C)cc3OC)cc1)CC2. The van der Waals surface area contributed by atoms with Crippen LogP contribution in [0.15, 0.2) is 42.5 Å². The van der Waals surface area contributed by atoms with Crippen molar-refractivity contribution in [1.82, 2.24) is 20.0 Å². The number of hydrogen-bond donors (Lipinski definition) is 2. The van der Waals surface area contributed by atoms with Crippen LogP contribution in [0.25, 0.3) is 0 Å². The Bertz CT molecular complexity index is 1380. The van der Waals surface area contributed by atoms with E-state index in [0.29, 0.717) is 74.6 Å². The molecule has 2 saturated heterocycles. The number of methoxy groups -OCH3 is 1. The molecule has 2 aromatic rings. The van der Waals surface area contributed by atoms with Gasteiger partial charge in [-0.1, -0.05) is 44.7 Å². The molecule has 3 aliphatic rings. The third-order valence-electron chi connectivity index (χ3n) is 9.97. The molecule has 0 aromatic heterocycles. The highest BCUT2D eigenvalue weighted by Crippen LogP contribution is 2.38. The van der Waals surface area contributed by atoms with Gasteiger partial charge in [0.1, 0.15) is 17.3 Å². The Balaban J connectivity index is 1.20. The number of rotatable bonds is 11. The van der Waals surface area contributed by atoms with Crippen molar-refractivity contribution in [2.75, 3.05) is 40.8 Å². The first-order valence-corrected chi connectivity index (χ1v) is 16.8. The van der Waals surface area contributed by atoms with E-state index in [-0.39, 0.29) is 17.7 Å². The van der Waals surface area contributed by atoms with E-state index in [1.54, 1.807) is 39.4 Å². The summed E-state index contributed by atoms with van der Waals surface area (Å²) >= 11 is 0. The largest absolute Gasteiger partial charge is 0.493 e. The second-order valence-electron chi connectivity index (χ2n) is 13.5. The van der Waals surface area contributed by atoms with Crippen molar-refractivity contribution in [2.24, 2.45) is 0 Å². The molecule has 2 aliphatic heterocycles. The number of ether oxygens (including phenoxy) is 2. The number of unbranched alkanes of at least 4 members (excludes halogenated alkanes) is 1. The van der Waals surface area contributed by atoms with Gasteiger partial charge in [-0.3, -0.25) is 19.3 Å². The van der Waals surface area contributed by atoms with Crippen LogP contribution in [0.3, 0.4) is 0 Å². The summed E-state index contributed by atoms with van der Waals surface area (Å²) < 4.78 is 11.6. The number of likely N-dealkylation sites (tertiary alicyclic amines) is 1. The number of piperidine rings is 1. The summed E-state index contributed by atoms with van der Waals surface area (Å²) in [5.74, 6) is 1.45. The molecule has 3 fully saturated rings. The van der Waals surface area contributed by atoms with Crippen LogP contribution in [-0.4, -0.2) is 95.5 Å². The molecule has 1 saturated carbocycles. The summed E-state index contributed by atoms with van der Waals surface area (Å²) in [6, 6.07) is 12.4. The number of nitrogens with one attached hydrogen (secondary N) is 1. The summed E-state index contributed by atoms with van der Waals surface area (Å²) in [6.45, 7) is 4.79. The van der Waals surface area contributed by atoms with E-state index in [1.807, 2.05) is 29.2 Å². The second-order valence-corrected chi connectivity index (χ2v) is 13.5. The fourth-order valence-electron chi connectivity index (χ4n) is 7.22. The van der Waals surface area contributed by atoms with Crippen LogP contribution < -0.4 is 14.8 Å². The Hall–Kier alpha value is -3.63. The van der Waals surface area contributed by atoms with Gasteiger partial charge in [0.15, 0.2) is 11.5 Å². The summed E-state index contributed by atoms with van der Waals surface area (Å²) in [7, 11) is 4.96. The lowest BCUT2D eigenvalue weighted by molar-refractivity contribution is -0.163. The van der Waals surface area contributed by atoms with Gasteiger partial charge in [-0.15, -0.1) is 0 Å². The smallest absolute Gasteiger partial charge is 0.253 e. The van der Waals surface area contributed by atoms with Crippen molar-refractivity contribution in [3.05, 3.63) is 53.6 Å². The fourth-order valence-corrected chi connectivity index (χ4v) is 7.22. The molecule has 1 aliphatic carbocycles. The second kappa shape index (κ2) is 14.4. The minimum atomic E-state index is -0.875. The number of hydrogen-bond acceptors (Lipinski definition) is 7. The molecule has 5 rings (SSSR count). The van der Waals surface area contributed by atoms with E-state index in [1.165, 1.54) is 4.90 Å². The average Bonchev–Trinajstić information content (AvgIpc) is 3.05. The first-order valence-electron chi connectivity index (χ1n) is 16.8. The van der Waals surface area contributed by atoms with Gasteiger partial charge in [-0.25, -0.2) is 0 Å². The van der Waals surface area contributed by atoms with Gasteiger partial charge in [-0.2, -0.15) is 0 Å². The molecule has 2 N–H and O–H groups in total. The topological polar surface area (TPSA) is 112 Å². The van der Waals surface area contributed by atoms with Crippen molar-refractivity contribution < 1.29 is 29.0 Å².